The SMILES string of the molecule is CC(Nc1nc(CN2CCOCC2)nc2sc3c(c12)CCC3)c1ccc(F)cc1. The molecule has 0 radical (unpaired) electrons. The first-order valence-corrected chi connectivity index (χ1v) is 11.1. The number of morpholine rings is 1. The van der Waals surface area contributed by atoms with E-state index in [1.165, 1.54) is 34.4 Å². The molecule has 29 heavy (non-hydrogen) atoms. The second kappa shape index (κ2) is 7.97. The maximum absolute atomic E-state index is 13.3. The zero-order chi connectivity index (χ0) is 19.8. The van der Waals surface area contributed by atoms with E-state index in [-0.39, 0.29) is 11.9 Å². The molecule has 1 aromatic carbocycles. The van der Waals surface area contributed by atoms with Crippen molar-refractivity contribution in [3.05, 3.63) is 51.9 Å². The summed E-state index contributed by atoms with van der Waals surface area (Å²) in [5.74, 6) is 1.55. The summed E-state index contributed by atoms with van der Waals surface area (Å²) >= 11 is 1.82. The Morgan fingerprint density at radius 2 is 1.97 bits per heavy atom. The van der Waals surface area contributed by atoms with Crippen LogP contribution in [0.5, 0.6) is 0 Å². The summed E-state index contributed by atoms with van der Waals surface area (Å²) < 4.78 is 18.8. The number of rotatable bonds is 5. The normalized spacial score (nSPS) is 18.1. The Morgan fingerprint density at radius 3 is 2.76 bits per heavy atom. The van der Waals surface area contributed by atoms with Gasteiger partial charge in [-0.25, -0.2) is 14.4 Å². The molecule has 1 saturated heterocycles. The fraction of sp³-hybridized carbons (Fsp3) is 0.455. The molecule has 0 spiro atoms. The molecule has 5 nitrogen and oxygen atoms in total. The second-order valence-electron chi connectivity index (χ2n) is 7.83. The summed E-state index contributed by atoms with van der Waals surface area (Å²) in [6.45, 7) is 6.19. The van der Waals surface area contributed by atoms with Crippen molar-refractivity contribution >= 4 is 27.4 Å². The molecule has 1 aliphatic heterocycles. The largest absolute Gasteiger partial charge is 0.379 e. The van der Waals surface area contributed by atoms with Gasteiger partial charge >= 0.3 is 0 Å². The van der Waals surface area contributed by atoms with Crippen LogP contribution in [0.4, 0.5) is 10.2 Å². The van der Waals surface area contributed by atoms with E-state index in [2.05, 4.69) is 17.1 Å². The van der Waals surface area contributed by atoms with Gasteiger partial charge in [0.25, 0.3) is 0 Å². The molecule has 1 unspecified atom stereocenters. The number of thiophene rings is 1. The Morgan fingerprint density at radius 1 is 1.17 bits per heavy atom. The van der Waals surface area contributed by atoms with Gasteiger partial charge in [0.1, 0.15) is 22.3 Å². The van der Waals surface area contributed by atoms with Crippen molar-refractivity contribution in [3.63, 3.8) is 0 Å². The smallest absolute Gasteiger partial charge is 0.146 e. The number of nitrogens with one attached hydrogen (secondary N) is 1. The molecule has 5 rings (SSSR count). The minimum atomic E-state index is -0.214. The van der Waals surface area contributed by atoms with E-state index < -0.39 is 0 Å². The molecule has 7 heteroatoms. The number of hydrogen-bond acceptors (Lipinski definition) is 6. The van der Waals surface area contributed by atoms with E-state index in [4.69, 9.17) is 14.7 Å². The minimum absolute atomic E-state index is 0.0295. The van der Waals surface area contributed by atoms with E-state index in [9.17, 15) is 4.39 Å². The first kappa shape index (κ1) is 18.9. The van der Waals surface area contributed by atoms with Crippen molar-refractivity contribution in [2.24, 2.45) is 0 Å². The molecule has 3 heterocycles. The number of hydrogen-bond donors (Lipinski definition) is 1. The van der Waals surface area contributed by atoms with Crippen LogP contribution in [0, 0.1) is 5.82 Å². The lowest BCUT2D eigenvalue weighted by Gasteiger charge is -2.26. The zero-order valence-electron chi connectivity index (χ0n) is 16.6. The second-order valence-corrected chi connectivity index (χ2v) is 8.92. The summed E-state index contributed by atoms with van der Waals surface area (Å²) in [6.07, 6.45) is 3.45. The minimum Gasteiger partial charge on any atom is -0.379 e. The van der Waals surface area contributed by atoms with Gasteiger partial charge in [-0.15, -0.1) is 11.3 Å². The Kier molecular flexibility index (Phi) is 5.20. The molecule has 0 bridgehead atoms. The number of halogens is 1. The molecule has 3 aromatic rings. The van der Waals surface area contributed by atoms with Gasteiger partial charge in [0.05, 0.1) is 25.1 Å². The predicted molar refractivity (Wildman–Crippen MR) is 114 cm³/mol. The van der Waals surface area contributed by atoms with Crippen LogP contribution in [0.25, 0.3) is 10.2 Å². The molecule has 1 N–H and O–H groups in total. The fourth-order valence-corrected chi connectivity index (χ4v) is 5.49. The van der Waals surface area contributed by atoms with Crippen LogP contribution < -0.4 is 5.32 Å². The Hall–Kier alpha value is -2.09. The van der Waals surface area contributed by atoms with Crippen LogP contribution in [0.1, 0.15) is 41.2 Å². The van der Waals surface area contributed by atoms with Crippen LogP contribution >= 0.6 is 11.3 Å². The molecule has 2 aromatic heterocycles. The fourth-order valence-electron chi connectivity index (χ4n) is 4.21. The Balaban J connectivity index is 1.49. The third-order valence-corrected chi connectivity index (χ3v) is 6.99. The van der Waals surface area contributed by atoms with E-state index in [1.807, 2.05) is 23.5 Å². The van der Waals surface area contributed by atoms with Crippen LogP contribution in [0.2, 0.25) is 0 Å². The first-order valence-electron chi connectivity index (χ1n) is 10.3. The van der Waals surface area contributed by atoms with Gasteiger partial charge in [0.15, 0.2) is 0 Å². The summed E-state index contributed by atoms with van der Waals surface area (Å²) in [5, 5.41) is 4.79. The lowest BCUT2D eigenvalue weighted by Crippen LogP contribution is -2.36. The summed E-state index contributed by atoms with van der Waals surface area (Å²) in [6, 6.07) is 6.71. The summed E-state index contributed by atoms with van der Waals surface area (Å²) in [5.41, 5.74) is 2.46. The monoisotopic (exact) mass is 412 g/mol. The van der Waals surface area contributed by atoms with Crippen molar-refractivity contribution < 1.29 is 9.13 Å². The van der Waals surface area contributed by atoms with Crippen molar-refractivity contribution in [1.82, 2.24) is 14.9 Å². The number of anilines is 1. The molecule has 2 aliphatic rings. The predicted octanol–water partition coefficient (Wildman–Crippen LogP) is 4.32. The van der Waals surface area contributed by atoms with Crippen molar-refractivity contribution in [2.45, 2.75) is 38.8 Å². The highest BCUT2D eigenvalue weighted by Gasteiger charge is 2.24. The highest BCUT2D eigenvalue weighted by Crippen LogP contribution is 2.40. The summed E-state index contributed by atoms with van der Waals surface area (Å²) in [4.78, 5) is 14.8. The maximum Gasteiger partial charge on any atom is 0.146 e. The average molecular weight is 413 g/mol. The number of aryl methyl sites for hydroxylation is 2. The van der Waals surface area contributed by atoms with Crippen molar-refractivity contribution in [2.75, 3.05) is 31.6 Å². The topological polar surface area (TPSA) is 50.3 Å². The van der Waals surface area contributed by atoms with Crippen LogP contribution in [-0.4, -0.2) is 41.2 Å². The quantitative estimate of drug-likeness (QED) is 0.676. The molecular weight excluding hydrogens is 387 g/mol. The van der Waals surface area contributed by atoms with E-state index in [0.717, 1.165) is 67.7 Å². The number of fused-ring (bicyclic) bond motifs is 3. The Labute approximate surface area is 173 Å². The van der Waals surface area contributed by atoms with Gasteiger partial charge < -0.3 is 10.1 Å². The molecule has 1 aliphatic carbocycles. The molecule has 0 saturated carbocycles. The van der Waals surface area contributed by atoms with Crippen LogP contribution in [0.15, 0.2) is 24.3 Å². The van der Waals surface area contributed by atoms with Gasteiger partial charge in [-0.05, 0) is 49.4 Å². The van der Waals surface area contributed by atoms with Crippen molar-refractivity contribution in [3.8, 4) is 0 Å². The molecule has 1 fully saturated rings. The van der Waals surface area contributed by atoms with E-state index in [0.29, 0.717) is 0 Å². The molecule has 152 valence electrons. The lowest BCUT2D eigenvalue weighted by molar-refractivity contribution is 0.0331. The van der Waals surface area contributed by atoms with Gasteiger partial charge in [-0.2, -0.15) is 0 Å². The summed E-state index contributed by atoms with van der Waals surface area (Å²) in [7, 11) is 0. The molecular formula is C22H25FN4OS. The lowest BCUT2D eigenvalue weighted by atomic mass is 10.1. The first-order chi connectivity index (χ1) is 14.2. The number of aromatic nitrogens is 2. The molecule has 0 amide bonds. The highest BCUT2D eigenvalue weighted by atomic mass is 32.1. The Bertz CT molecular complexity index is 1010. The standard InChI is InChI=1S/C22H25FN4OS/c1-14(15-5-7-16(23)8-6-15)24-21-20-17-3-2-4-18(17)29-22(20)26-19(25-21)13-27-9-11-28-12-10-27/h5-8,14H,2-4,9-13H2,1H3,(H,24,25,26). The van der Waals surface area contributed by atoms with Gasteiger partial charge in [-0.3, -0.25) is 4.90 Å². The number of nitrogens with zero attached hydrogens (tertiary/aromatic N) is 3. The highest BCUT2D eigenvalue weighted by molar-refractivity contribution is 7.19. The van der Waals surface area contributed by atoms with Gasteiger partial charge in [0, 0.05) is 24.0 Å². The average Bonchev–Trinajstić information content (AvgIpc) is 3.30. The van der Waals surface area contributed by atoms with Crippen LogP contribution in [-0.2, 0) is 24.1 Å². The third-order valence-electron chi connectivity index (χ3n) is 5.80. The maximum atomic E-state index is 13.3. The molecule has 1 atom stereocenters. The van der Waals surface area contributed by atoms with Crippen molar-refractivity contribution in [1.29, 1.82) is 0 Å². The van der Waals surface area contributed by atoms with Crippen LogP contribution in [0.3, 0.4) is 0 Å². The van der Waals surface area contributed by atoms with E-state index >= 15 is 0 Å². The third kappa shape index (κ3) is 3.86. The number of benzene rings is 1. The number of ether oxygens (including phenoxy) is 1. The van der Waals surface area contributed by atoms with Gasteiger partial charge in [0.2, 0.25) is 0 Å². The van der Waals surface area contributed by atoms with Gasteiger partial charge in [-0.1, -0.05) is 12.1 Å². The zero-order valence-corrected chi connectivity index (χ0v) is 17.4. The van der Waals surface area contributed by atoms with E-state index in [1.54, 1.807) is 0 Å².